The lowest BCUT2D eigenvalue weighted by molar-refractivity contribution is 0.100. The van der Waals surface area contributed by atoms with E-state index in [-0.39, 0.29) is 0 Å². The molecular formula is C15H17N3O2. The van der Waals surface area contributed by atoms with E-state index >= 15 is 0 Å². The minimum absolute atomic E-state index is 0.409. The maximum absolute atomic E-state index is 11.0. The molecule has 2 rings (SSSR count). The number of pyridine rings is 1. The molecule has 1 aromatic heterocycles. The molecule has 0 spiro atoms. The molecule has 3 N–H and O–H groups in total. The zero-order valence-electron chi connectivity index (χ0n) is 11.3. The number of carbonyl (C=O) groups is 1. The Labute approximate surface area is 117 Å². The maximum Gasteiger partial charge on any atom is 0.248 e. The van der Waals surface area contributed by atoms with Gasteiger partial charge in [-0.15, -0.1) is 0 Å². The summed E-state index contributed by atoms with van der Waals surface area (Å²) in [6.45, 7) is 1.43. The van der Waals surface area contributed by atoms with Crippen LogP contribution in [0.1, 0.15) is 21.5 Å². The fraction of sp³-hybridized carbons (Fsp3) is 0.200. The average molecular weight is 271 g/mol. The molecule has 0 unspecified atom stereocenters. The number of carbonyl (C=O) groups excluding carboxylic acids is 1. The lowest BCUT2D eigenvalue weighted by Gasteiger charge is -2.06. The third kappa shape index (κ3) is 3.80. The number of hydrogen-bond donors (Lipinski definition) is 2. The number of amides is 1. The lowest BCUT2D eigenvalue weighted by Crippen LogP contribution is -2.14. The highest BCUT2D eigenvalue weighted by atomic mass is 16.5. The van der Waals surface area contributed by atoms with E-state index in [4.69, 9.17) is 10.5 Å². The molecule has 5 heteroatoms. The summed E-state index contributed by atoms with van der Waals surface area (Å²) in [7, 11) is 1.59. The number of ether oxygens (including phenoxy) is 1. The molecule has 0 saturated heterocycles. The zero-order chi connectivity index (χ0) is 14.4. The van der Waals surface area contributed by atoms with Crippen molar-refractivity contribution in [2.24, 2.45) is 5.73 Å². The quantitative estimate of drug-likeness (QED) is 0.834. The SMILES string of the molecule is COc1ccc(CNCc2ccc(C(N)=O)cc2)cn1. The summed E-state index contributed by atoms with van der Waals surface area (Å²) >= 11 is 0. The van der Waals surface area contributed by atoms with Gasteiger partial charge in [0.05, 0.1) is 7.11 Å². The molecule has 0 aliphatic rings. The molecule has 0 saturated carbocycles. The van der Waals surface area contributed by atoms with Gasteiger partial charge in [0.2, 0.25) is 11.8 Å². The van der Waals surface area contributed by atoms with Gasteiger partial charge in [-0.2, -0.15) is 0 Å². The predicted molar refractivity (Wildman–Crippen MR) is 76.3 cm³/mol. The number of primary amides is 1. The first-order chi connectivity index (χ1) is 9.69. The monoisotopic (exact) mass is 271 g/mol. The molecular weight excluding hydrogens is 254 g/mol. The predicted octanol–water partition coefficient (Wildman–Crippen LogP) is 1.48. The van der Waals surface area contributed by atoms with Gasteiger partial charge in [0, 0.05) is 30.9 Å². The first-order valence-electron chi connectivity index (χ1n) is 6.27. The summed E-state index contributed by atoms with van der Waals surface area (Å²) in [6, 6.07) is 11.0. The molecule has 104 valence electrons. The summed E-state index contributed by atoms with van der Waals surface area (Å²) in [5.41, 5.74) is 7.89. The van der Waals surface area contributed by atoms with Crippen LogP contribution in [0.4, 0.5) is 0 Å². The van der Waals surface area contributed by atoms with Crippen molar-refractivity contribution in [1.29, 1.82) is 0 Å². The van der Waals surface area contributed by atoms with Gasteiger partial charge in [-0.1, -0.05) is 18.2 Å². The van der Waals surface area contributed by atoms with Gasteiger partial charge < -0.3 is 15.8 Å². The number of hydrogen-bond acceptors (Lipinski definition) is 4. The van der Waals surface area contributed by atoms with Gasteiger partial charge in [-0.25, -0.2) is 4.98 Å². The number of rotatable bonds is 6. The Hall–Kier alpha value is -2.40. The van der Waals surface area contributed by atoms with Crippen LogP contribution in [0.2, 0.25) is 0 Å². The smallest absolute Gasteiger partial charge is 0.248 e. The van der Waals surface area contributed by atoms with E-state index in [0.29, 0.717) is 24.5 Å². The van der Waals surface area contributed by atoms with Crippen LogP contribution in [0.3, 0.4) is 0 Å². The summed E-state index contributed by atoms with van der Waals surface area (Å²) in [6.07, 6.45) is 1.78. The van der Waals surface area contributed by atoms with Gasteiger partial charge in [-0.3, -0.25) is 4.79 Å². The van der Waals surface area contributed by atoms with Gasteiger partial charge in [0.1, 0.15) is 0 Å². The molecule has 0 bridgehead atoms. The summed E-state index contributed by atoms with van der Waals surface area (Å²) < 4.78 is 5.00. The minimum Gasteiger partial charge on any atom is -0.481 e. The van der Waals surface area contributed by atoms with E-state index in [2.05, 4.69) is 10.3 Å². The van der Waals surface area contributed by atoms with Crippen molar-refractivity contribution in [3.05, 3.63) is 59.3 Å². The number of nitrogens with zero attached hydrogens (tertiary/aromatic N) is 1. The minimum atomic E-state index is -0.409. The third-order valence-electron chi connectivity index (χ3n) is 2.90. The van der Waals surface area contributed by atoms with E-state index in [9.17, 15) is 4.79 Å². The van der Waals surface area contributed by atoms with Crippen molar-refractivity contribution in [3.8, 4) is 5.88 Å². The Bertz CT molecular complexity index is 565. The largest absolute Gasteiger partial charge is 0.481 e. The fourth-order valence-corrected chi connectivity index (χ4v) is 1.77. The number of methoxy groups -OCH3 is 1. The van der Waals surface area contributed by atoms with Crippen molar-refractivity contribution < 1.29 is 9.53 Å². The summed E-state index contributed by atoms with van der Waals surface area (Å²) in [5, 5.41) is 3.31. The third-order valence-corrected chi connectivity index (χ3v) is 2.90. The molecule has 0 aliphatic carbocycles. The number of nitrogens with two attached hydrogens (primary N) is 1. The second-order valence-electron chi connectivity index (χ2n) is 4.37. The molecule has 0 fully saturated rings. The highest BCUT2D eigenvalue weighted by Gasteiger charge is 2.00. The molecule has 20 heavy (non-hydrogen) atoms. The van der Waals surface area contributed by atoms with Gasteiger partial charge >= 0.3 is 0 Å². The van der Waals surface area contributed by atoms with Crippen molar-refractivity contribution in [1.82, 2.24) is 10.3 Å². The topological polar surface area (TPSA) is 77.2 Å². The Balaban J connectivity index is 1.84. The molecule has 0 atom stereocenters. The van der Waals surface area contributed by atoms with E-state index in [1.54, 1.807) is 25.4 Å². The highest BCUT2D eigenvalue weighted by molar-refractivity contribution is 5.92. The van der Waals surface area contributed by atoms with E-state index < -0.39 is 5.91 Å². The molecule has 2 aromatic rings. The van der Waals surface area contributed by atoms with Gasteiger partial charge in [-0.05, 0) is 23.3 Å². The van der Waals surface area contributed by atoms with Crippen molar-refractivity contribution >= 4 is 5.91 Å². The number of aromatic nitrogens is 1. The Kier molecular flexibility index (Phi) is 4.68. The van der Waals surface area contributed by atoms with Crippen molar-refractivity contribution in [2.75, 3.05) is 7.11 Å². The van der Waals surface area contributed by atoms with Crippen LogP contribution in [0.25, 0.3) is 0 Å². The highest BCUT2D eigenvalue weighted by Crippen LogP contribution is 2.07. The Morgan fingerprint density at radius 3 is 2.35 bits per heavy atom. The number of nitrogens with one attached hydrogen (secondary N) is 1. The maximum atomic E-state index is 11.0. The van der Waals surface area contributed by atoms with Crippen LogP contribution in [0.5, 0.6) is 5.88 Å². The molecule has 0 aliphatic heterocycles. The van der Waals surface area contributed by atoms with Crippen LogP contribution in [-0.4, -0.2) is 18.0 Å². The lowest BCUT2D eigenvalue weighted by atomic mass is 10.1. The average Bonchev–Trinajstić information content (AvgIpc) is 2.48. The van der Waals surface area contributed by atoms with E-state index in [1.165, 1.54) is 0 Å². The van der Waals surface area contributed by atoms with Crippen LogP contribution >= 0.6 is 0 Å². The van der Waals surface area contributed by atoms with Crippen LogP contribution in [0, 0.1) is 0 Å². The summed E-state index contributed by atoms with van der Waals surface area (Å²) in [4.78, 5) is 15.1. The second-order valence-corrected chi connectivity index (χ2v) is 4.37. The Morgan fingerprint density at radius 1 is 1.15 bits per heavy atom. The first-order valence-corrected chi connectivity index (χ1v) is 6.27. The van der Waals surface area contributed by atoms with Gasteiger partial charge in [0.25, 0.3) is 0 Å². The van der Waals surface area contributed by atoms with Crippen molar-refractivity contribution in [3.63, 3.8) is 0 Å². The fourth-order valence-electron chi connectivity index (χ4n) is 1.77. The zero-order valence-corrected chi connectivity index (χ0v) is 11.3. The second kappa shape index (κ2) is 6.68. The van der Waals surface area contributed by atoms with Crippen LogP contribution in [-0.2, 0) is 13.1 Å². The number of benzene rings is 1. The standard InChI is InChI=1S/C15H17N3O2/c1-20-14-7-4-12(10-18-14)9-17-8-11-2-5-13(6-3-11)15(16)19/h2-7,10,17H,8-9H2,1H3,(H2,16,19). The van der Waals surface area contributed by atoms with Crippen LogP contribution < -0.4 is 15.8 Å². The molecule has 1 heterocycles. The normalized spacial score (nSPS) is 10.2. The van der Waals surface area contributed by atoms with Gasteiger partial charge in [0.15, 0.2) is 0 Å². The van der Waals surface area contributed by atoms with Crippen molar-refractivity contribution in [2.45, 2.75) is 13.1 Å². The van der Waals surface area contributed by atoms with E-state index in [0.717, 1.165) is 11.1 Å². The van der Waals surface area contributed by atoms with E-state index in [1.807, 2.05) is 24.3 Å². The summed E-state index contributed by atoms with van der Waals surface area (Å²) in [5.74, 6) is 0.199. The first kappa shape index (κ1) is 14.0. The Morgan fingerprint density at radius 2 is 1.80 bits per heavy atom. The molecule has 1 amide bonds. The molecule has 5 nitrogen and oxygen atoms in total. The van der Waals surface area contributed by atoms with Crippen LogP contribution in [0.15, 0.2) is 42.6 Å². The molecule has 1 aromatic carbocycles. The molecule has 0 radical (unpaired) electrons.